The first-order valence-electron chi connectivity index (χ1n) is 13.7. The quantitative estimate of drug-likeness (QED) is 0.137. The number of aromatic nitrogens is 1. The second-order valence-corrected chi connectivity index (χ2v) is 14.0. The standard InChI is InChI=1S/C33H26Cl2N2O6S2/c34-23-9-12-25(13-10-23)45(41,42)17-3-4-21-7-14-29(43-20-32(38)39)27(18-21)37-33(40)26-6-2-1-5-22(26)8-16-31-36-28-19-24(35)11-15-30(28)44-31/h1-2,5-16,18-19H,3-4,17,20H2,(H,37,40)(H,38,39). The normalized spacial score (nSPS) is 11.6. The number of halogens is 2. The molecule has 0 spiro atoms. The number of anilines is 1. The number of thiazole rings is 1. The maximum absolute atomic E-state index is 13.5. The van der Waals surface area contributed by atoms with Crippen molar-refractivity contribution in [3.8, 4) is 5.75 Å². The summed E-state index contributed by atoms with van der Waals surface area (Å²) in [5, 5.41) is 13.8. The highest BCUT2D eigenvalue weighted by Gasteiger charge is 2.17. The van der Waals surface area contributed by atoms with E-state index >= 15 is 0 Å². The van der Waals surface area contributed by atoms with Gasteiger partial charge >= 0.3 is 5.97 Å². The number of carbonyl (C=O) groups is 2. The zero-order chi connectivity index (χ0) is 32.0. The molecule has 12 heteroatoms. The van der Waals surface area contributed by atoms with Crippen molar-refractivity contribution < 1.29 is 27.9 Å². The highest BCUT2D eigenvalue weighted by Crippen LogP contribution is 2.29. The van der Waals surface area contributed by atoms with E-state index in [1.807, 2.05) is 24.3 Å². The third-order valence-electron chi connectivity index (χ3n) is 6.67. The molecule has 0 radical (unpaired) electrons. The van der Waals surface area contributed by atoms with Gasteiger partial charge in [-0.05, 0) is 90.7 Å². The lowest BCUT2D eigenvalue weighted by atomic mass is 10.1. The minimum Gasteiger partial charge on any atom is -0.480 e. The van der Waals surface area contributed by atoms with Crippen LogP contribution in [0.5, 0.6) is 5.75 Å². The number of rotatable bonds is 12. The minimum atomic E-state index is -3.51. The largest absolute Gasteiger partial charge is 0.480 e. The molecule has 4 aromatic carbocycles. The van der Waals surface area contributed by atoms with Gasteiger partial charge in [0.05, 0.1) is 26.6 Å². The number of aliphatic carboxylic acids is 1. The second-order valence-electron chi connectivity index (χ2n) is 9.93. The highest BCUT2D eigenvalue weighted by atomic mass is 35.5. The van der Waals surface area contributed by atoms with Crippen molar-refractivity contribution in [1.29, 1.82) is 0 Å². The van der Waals surface area contributed by atoms with Gasteiger partial charge < -0.3 is 15.2 Å². The number of amides is 1. The summed E-state index contributed by atoms with van der Waals surface area (Å²) in [6.45, 7) is -0.603. The van der Waals surface area contributed by atoms with E-state index in [1.165, 1.54) is 35.6 Å². The molecule has 1 amide bonds. The zero-order valence-electron chi connectivity index (χ0n) is 23.6. The summed E-state index contributed by atoms with van der Waals surface area (Å²) < 4.78 is 31.9. The van der Waals surface area contributed by atoms with Crippen molar-refractivity contribution >= 4 is 84.3 Å². The Labute approximate surface area is 273 Å². The molecular formula is C33H26Cl2N2O6S2. The Morgan fingerprint density at radius 2 is 1.69 bits per heavy atom. The Balaban J connectivity index is 1.33. The van der Waals surface area contributed by atoms with Crippen LogP contribution in [0.15, 0.2) is 89.8 Å². The molecule has 0 saturated heterocycles. The number of carbonyl (C=O) groups excluding carboxylic acids is 1. The first kappa shape index (κ1) is 32.2. The Hall–Kier alpha value is -4.22. The van der Waals surface area contributed by atoms with Crippen LogP contribution >= 0.6 is 34.5 Å². The molecule has 0 fully saturated rings. The van der Waals surface area contributed by atoms with E-state index in [0.29, 0.717) is 34.0 Å². The lowest BCUT2D eigenvalue weighted by Crippen LogP contribution is -2.16. The molecule has 0 atom stereocenters. The molecule has 0 saturated carbocycles. The molecule has 45 heavy (non-hydrogen) atoms. The van der Waals surface area contributed by atoms with Gasteiger partial charge in [0.25, 0.3) is 5.91 Å². The first-order valence-corrected chi connectivity index (χ1v) is 16.9. The first-order chi connectivity index (χ1) is 21.6. The smallest absolute Gasteiger partial charge is 0.341 e. The molecule has 0 aliphatic carbocycles. The monoisotopic (exact) mass is 680 g/mol. The molecule has 1 heterocycles. The zero-order valence-corrected chi connectivity index (χ0v) is 26.7. The van der Waals surface area contributed by atoms with Crippen LogP contribution in [0.4, 0.5) is 5.69 Å². The number of aryl methyl sites for hydroxylation is 1. The molecule has 0 bridgehead atoms. The van der Waals surface area contributed by atoms with Gasteiger partial charge in [0.1, 0.15) is 10.8 Å². The van der Waals surface area contributed by atoms with Gasteiger partial charge in [-0.1, -0.05) is 53.5 Å². The molecule has 5 rings (SSSR count). The van der Waals surface area contributed by atoms with Crippen LogP contribution in [0.1, 0.15) is 32.9 Å². The van der Waals surface area contributed by atoms with Crippen molar-refractivity contribution in [2.75, 3.05) is 17.7 Å². The van der Waals surface area contributed by atoms with Gasteiger partial charge in [-0.2, -0.15) is 0 Å². The van der Waals surface area contributed by atoms with Crippen molar-refractivity contribution in [2.45, 2.75) is 17.7 Å². The Bertz CT molecular complexity index is 2010. The van der Waals surface area contributed by atoms with E-state index in [1.54, 1.807) is 48.5 Å². The number of nitrogens with one attached hydrogen (secondary N) is 1. The van der Waals surface area contributed by atoms with Crippen LogP contribution in [0.25, 0.3) is 22.4 Å². The van der Waals surface area contributed by atoms with Crippen LogP contribution in [-0.2, 0) is 21.1 Å². The topological polar surface area (TPSA) is 123 Å². The molecular weight excluding hydrogens is 655 g/mol. The summed E-state index contributed by atoms with van der Waals surface area (Å²) in [6.07, 6.45) is 4.33. The third kappa shape index (κ3) is 8.49. The summed E-state index contributed by atoms with van der Waals surface area (Å²) in [4.78, 5) is 29.5. The van der Waals surface area contributed by atoms with E-state index in [4.69, 9.17) is 33.0 Å². The van der Waals surface area contributed by atoms with Crippen molar-refractivity contribution in [2.24, 2.45) is 0 Å². The number of carboxylic acids is 1. The average Bonchev–Trinajstić information content (AvgIpc) is 3.42. The SMILES string of the molecule is O=C(O)COc1ccc(CCCS(=O)(=O)c2ccc(Cl)cc2)cc1NC(=O)c1ccccc1C=Cc1nc2cc(Cl)ccc2s1. The van der Waals surface area contributed by atoms with Crippen LogP contribution < -0.4 is 10.1 Å². The van der Waals surface area contributed by atoms with Gasteiger partial charge in [0.15, 0.2) is 16.4 Å². The summed E-state index contributed by atoms with van der Waals surface area (Å²) in [6, 6.07) is 23.5. The van der Waals surface area contributed by atoms with Gasteiger partial charge in [-0.15, -0.1) is 11.3 Å². The number of sulfone groups is 1. The van der Waals surface area contributed by atoms with E-state index in [0.717, 1.165) is 20.8 Å². The summed E-state index contributed by atoms with van der Waals surface area (Å²) in [5.74, 6) is -1.52. The number of nitrogens with zero attached hydrogens (tertiary/aromatic N) is 1. The lowest BCUT2D eigenvalue weighted by Gasteiger charge is -2.14. The van der Waals surface area contributed by atoms with Gasteiger partial charge in [-0.25, -0.2) is 18.2 Å². The third-order valence-corrected chi connectivity index (χ3v) is 9.98. The van der Waals surface area contributed by atoms with Gasteiger partial charge in [0, 0.05) is 15.6 Å². The summed E-state index contributed by atoms with van der Waals surface area (Å²) in [7, 11) is -3.51. The maximum atomic E-state index is 13.5. The van der Waals surface area contributed by atoms with Crippen LogP contribution in [0, 0.1) is 0 Å². The predicted molar refractivity (Wildman–Crippen MR) is 179 cm³/mol. The molecule has 8 nitrogen and oxygen atoms in total. The van der Waals surface area contributed by atoms with Crippen LogP contribution in [-0.4, -0.2) is 42.7 Å². The number of ether oxygens (including phenoxy) is 1. The Kier molecular flexibility index (Phi) is 10.2. The molecule has 230 valence electrons. The fraction of sp³-hybridized carbons (Fsp3) is 0.121. The van der Waals surface area contributed by atoms with Crippen LogP contribution in [0.2, 0.25) is 10.0 Å². The number of hydrogen-bond donors (Lipinski definition) is 2. The number of hydrogen-bond acceptors (Lipinski definition) is 7. The van der Waals surface area contributed by atoms with Gasteiger partial charge in [0.2, 0.25) is 0 Å². The highest BCUT2D eigenvalue weighted by molar-refractivity contribution is 7.91. The number of fused-ring (bicyclic) bond motifs is 1. The second kappa shape index (κ2) is 14.3. The number of benzene rings is 4. The van der Waals surface area contributed by atoms with Crippen molar-refractivity contribution in [3.05, 3.63) is 117 Å². The molecule has 1 aromatic heterocycles. The molecule has 5 aromatic rings. The Morgan fingerprint density at radius 3 is 2.47 bits per heavy atom. The van der Waals surface area contributed by atoms with Crippen LogP contribution in [0.3, 0.4) is 0 Å². The fourth-order valence-corrected chi connectivity index (χ4v) is 6.97. The molecule has 2 N–H and O–H groups in total. The lowest BCUT2D eigenvalue weighted by molar-refractivity contribution is -0.139. The van der Waals surface area contributed by atoms with Crippen molar-refractivity contribution in [3.63, 3.8) is 0 Å². The molecule has 0 aliphatic rings. The number of carboxylic acid groups (broad SMARTS) is 1. The van der Waals surface area contributed by atoms with Gasteiger partial charge in [-0.3, -0.25) is 4.79 Å². The summed E-state index contributed by atoms with van der Waals surface area (Å²) >= 11 is 13.5. The summed E-state index contributed by atoms with van der Waals surface area (Å²) in [5.41, 5.74) is 2.81. The molecule has 0 unspecified atom stereocenters. The maximum Gasteiger partial charge on any atom is 0.341 e. The van der Waals surface area contributed by atoms with E-state index < -0.39 is 28.3 Å². The average molecular weight is 682 g/mol. The van der Waals surface area contributed by atoms with E-state index in [-0.39, 0.29) is 22.1 Å². The minimum absolute atomic E-state index is 0.0883. The fourth-order valence-electron chi connectivity index (χ4n) is 4.51. The predicted octanol–water partition coefficient (Wildman–Crippen LogP) is 7.90. The van der Waals surface area contributed by atoms with E-state index in [9.17, 15) is 18.0 Å². The van der Waals surface area contributed by atoms with E-state index in [2.05, 4.69) is 10.3 Å². The molecule has 0 aliphatic heterocycles. The van der Waals surface area contributed by atoms with Crippen molar-refractivity contribution in [1.82, 2.24) is 4.98 Å². The Morgan fingerprint density at radius 1 is 0.933 bits per heavy atom.